The van der Waals surface area contributed by atoms with Crippen molar-refractivity contribution in [3.63, 3.8) is 0 Å². The maximum atomic E-state index is 12.6. The summed E-state index contributed by atoms with van der Waals surface area (Å²) in [6.07, 6.45) is 10.1. The van der Waals surface area contributed by atoms with Crippen molar-refractivity contribution in [3.05, 3.63) is 58.2 Å². The van der Waals surface area contributed by atoms with Gasteiger partial charge in [0.1, 0.15) is 5.71 Å². The number of aryl methyl sites for hydroxylation is 1. The van der Waals surface area contributed by atoms with E-state index in [0.717, 1.165) is 56.8 Å². The molecule has 156 valence electrons. The number of hydrogen-bond acceptors (Lipinski definition) is 5. The molecule has 7 heteroatoms. The van der Waals surface area contributed by atoms with Gasteiger partial charge < -0.3 is 9.88 Å². The number of nitrogens with zero attached hydrogens (tertiary/aromatic N) is 4. The molecule has 2 aromatic rings. The molecule has 0 spiro atoms. The molecule has 1 fully saturated rings. The molecule has 0 radical (unpaired) electrons. The molecular formula is C23H28N6O. The number of amides is 1. The number of nitrogens with one attached hydrogen (secondary N) is 2. The lowest BCUT2D eigenvalue weighted by molar-refractivity contribution is -0.116. The van der Waals surface area contributed by atoms with Crippen LogP contribution in [-0.2, 0) is 24.2 Å². The smallest absolute Gasteiger partial charge is 0.273 e. The summed E-state index contributed by atoms with van der Waals surface area (Å²) in [4.78, 5) is 25.4. The number of pyridine rings is 1. The van der Waals surface area contributed by atoms with E-state index in [-0.39, 0.29) is 5.91 Å². The van der Waals surface area contributed by atoms with Crippen molar-refractivity contribution in [2.75, 3.05) is 33.2 Å². The van der Waals surface area contributed by atoms with E-state index in [1.54, 1.807) is 12.4 Å². The summed E-state index contributed by atoms with van der Waals surface area (Å²) in [5.74, 6) is -0.160. The Balaban J connectivity index is 1.51. The second-order valence-corrected chi connectivity index (χ2v) is 8.46. The van der Waals surface area contributed by atoms with Crippen LogP contribution in [0.2, 0.25) is 0 Å². The number of fused-ring (bicyclic) bond motifs is 1. The lowest BCUT2D eigenvalue weighted by Crippen LogP contribution is -2.44. The summed E-state index contributed by atoms with van der Waals surface area (Å²) in [5.41, 5.74) is 9.95. The van der Waals surface area contributed by atoms with Crippen LogP contribution in [0.5, 0.6) is 0 Å². The zero-order valence-electron chi connectivity index (χ0n) is 17.4. The molecule has 1 aliphatic carbocycles. The van der Waals surface area contributed by atoms with Crippen LogP contribution in [0.25, 0.3) is 6.08 Å². The first-order chi connectivity index (χ1) is 14.7. The Kier molecular flexibility index (Phi) is 5.23. The van der Waals surface area contributed by atoms with E-state index in [0.29, 0.717) is 11.3 Å². The van der Waals surface area contributed by atoms with Gasteiger partial charge in [0.15, 0.2) is 0 Å². The molecule has 2 N–H and O–H groups in total. The maximum absolute atomic E-state index is 12.6. The second-order valence-electron chi connectivity index (χ2n) is 8.46. The molecule has 5 rings (SSSR count). The van der Waals surface area contributed by atoms with Crippen LogP contribution in [0.1, 0.15) is 40.9 Å². The standard InChI is InChI=1S/C23H28N6O/c1-28-9-11-29(12-10-28)15-19-17-6-2-3-7-20(17)25-21(19)13-18-22(26-27-23(18)30)16-5-4-8-24-14-16/h4-5,8,13-14,25H,2-3,6-7,9-12,15H2,1H3,(H,27,30). The Labute approximate surface area is 176 Å². The molecule has 1 saturated heterocycles. The van der Waals surface area contributed by atoms with E-state index in [1.807, 2.05) is 18.2 Å². The zero-order chi connectivity index (χ0) is 20.5. The molecule has 1 amide bonds. The van der Waals surface area contributed by atoms with Crippen molar-refractivity contribution < 1.29 is 4.79 Å². The van der Waals surface area contributed by atoms with Gasteiger partial charge in [-0.3, -0.25) is 14.7 Å². The molecule has 30 heavy (non-hydrogen) atoms. The first kappa shape index (κ1) is 19.2. The van der Waals surface area contributed by atoms with E-state index in [9.17, 15) is 4.79 Å². The Hall–Kier alpha value is -2.77. The van der Waals surface area contributed by atoms with Crippen molar-refractivity contribution in [1.29, 1.82) is 0 Å². The summed E-state index contributed by atoms with van der Waals surface area (Å²) in [6, 6.07) is 3.80. The Morgan fingerprint density at radius 1 is 1.17 bits per heavy atom. The van der Waals surface area contributed by atoms with Gasteiger partial charge in [-0.2, -0.15) is 5.10 Å². The minimum absolute atomic E-state index is 0.160. The molecule has 4 heterocycles. The summed E-state index contributed by atoms with van der Waals surface area (Å²) in [6.45, 7) is 5.29. The van der Waals surface area contributed by atoms with Gasteiger partial charge >= 0.3 is 0 Å². The third-order valence-electron chi connectivity index (χ3n) is 6.41. The summed E-state index contributed by atoms with van der Waals surface area (Å²) < 4.78 is 0. The van der Waals surface area contributed by atoms with E-state index in [2.05, 4.69) is 37.3 Å². The molecule has 7 nitrogen and oxygen atoms in total. The van der Waals surface area contributed by atoms with Crippen molar-refractivity contribution in [3.8, 4) is 0 Å². The summed E-state index contributed by atoms with van der Waals surface area (Å²) in [7, 11) is 2.18. The first-order valence-corrected chi connectivity index (χ1v) is 10.8. The molecule has 0 saturated carbocycles. The molecule has 3 aliphatic rings. The van der Waals surface area contributed by atoms with Crippen LogP contribution in [0, 0.1) is 0 Å². The van der Waals surface area contributed by atoms with Crippen molar-refractivity contribution in [1.82, 2.24) is 25.2 Å². The normalized spacial score (nSPS) is 21.6. The SMILES string of the molecule is CN1CCN(Cc2c(C=C3C(=O)NN=C3c3cccnc3)[nH]c3c2CCCC3)CC1. The van der Waals surface area contributed by atoms with Crippen LogP contribution in [0.3, 0.4) is 0 Å². The van der Waals surface area contributed by atoms with Crippen LogP contribution >= 0.6 is 0 Å². The number of piperazine rings is 1. The van der Waals surface area contributed by atoms with E-state index in [4.69, 9.17) is 0 Å². The number of hydrogen-bond donors (Lipinski definition) is 2. The monoisotopic (exact) mass is 404 g/mol. The van der Waals surface area contributed by atoms with Gasteiger partial charge in [0, 0.05) is 62.1 Å². The molecule has 0 atom stereocenters. The molecular weight excluding hydrogens is 376 g/mol. The van der Waals surface area contributed by atoms with Gasteiger partial charge in [-0.1, -0.05) is 0 Å². The quantitative estimate of drug-likeness (QED) is 0.764. The van der Waals surface area contributed by atoms with Gasteiger partial charge in [-0.25, -0.2) is 5.43 Å². The number of aromatic nitrogens is 2. The number of likely N-dealkylation sites (N-methyl/N-ethyl adjacent to an activating group) is 1. The van der Waals surface area contributed by atoms with Crippen molar-refractivity contribution in [2.45, 2.75) is 32.2 Å². The topological polar surface area (TPSA) is 76.6 Å². The minimum atomic E-state index is -0.160. The van der Waals surface area contributed by atoms with Gasteiger partial charge in [0.2, 0.25) is 0 Å². The van der Waals surface area contributed by atoms with E-state index in [1.165, 1.54) is 29.7 Å². The highest BCUT2D eigenvalue weighted by atomic mass is 16.2. The Morgan fingerprint density at radius 2 is 2.00 bits per heavy atom. The van der Waals surface area contributed by atoms with Gasteiger partial charge in [0.05, 0.1) is 5.57 Å². The number of carbonyl (C=O) groups excluding carboxylic acids is 1. The Bertz CT molecular complexity index is 998. The first-order valence-electron chi connectivity index (χ1n) is 10.8. The number of aromatic amines is 1. The van der Waals surface area contributed by atoms with Gasteiger partial charge in [0.25, 0.3) is 5.91 Å². The number of H-pyrrole nitrogens is 1. The molecule has 0 bridgehead atoms. The predicted octanol–water partition coefficient (Wildman–Crippen LogP) is 1.95. The van der Waals surface area contributed by atoms with Gasteiger partial charge in [-0.15, -0.1) is 0 Å². The fourth-order valence-electron chi connectivity index (χ4n) is 4.65. The van der Waals surface area contributed by atoms with Crippen LogP contribution in [0.4, 0.5) is 0 Å². The fourth-order valence-corrected chi connectivity index (χ4v) is 4.65. The molecule has 0 unspecified atom stereocenters. The lowest BCUT2D eigenvalue weighted by Gasteiger charge is -2.32. The highest BCUT2D eigenvalue weighted by Gasteiger charge is 2.27. The van der Waals surface area contributed by atoms with Gasteiger partial charge in [-0.05, 0) is 62.1 Å². The van der Waals surface area contributed by atoms with E-state index >= 15 is 0 Å². The van der Waals surface area contributed by atoms with Crippen LogP contribution < -0.4 is 5.43 Å². The summed E-state index contributed by atoms with van der Waals surface area (Å²) in [5, 5.41) is 4.28. The summed E-state index contributed by atoms with van der Waals surface area (Å²) >= 11 is 0. The largest absolute Gasteiger partial charge is 0.358 e. The third kappa shape index (κ3) is 3.70. The molecule has 2 aromatic heterocycles. The number of carbonyl (C=O) groups is 1. The molecule has 0 aromatic carbocycles. The highest BCUT2D eigenvalue weighted by molar-refractivity contribution is 6.33. The highest BCUT2D eigenvalue weighted by Crippen LogP contribution is 2.30. The zero-order valence-corrected chi connectivity index (χ0v) is 17.4. The van der Waals surface area contributed by atoms with Crippen LogP contribution in [0.15, 0.2) is 35.2 Å². The number of rotatable bonds is 4. The average Bonchev–Trinajstić information content (AvgIpc) is 3.31. The lowest BCUT2D eigenvalue weighted by atomic mass is 9.93. The maximum Gasteiger partial charge on any atom is 0.273 e. The van der Waals surface area contributed by atoms with Crippen molar-refractivity contribution >= 4 is 17.7 Å². The second kappa shape index (κ2) is 8.16. The van der Waals surface area contributed by atoms with E-state index < -0.39 is 0 Å². The molecule has 2 aliphatic heterocycles. The number of hydrazone groups is 1. The van der Waals surface area contributed by atoms with Crippen LogP contribution in [-0.4, -0.2) is 64.6 Å². The minimum Gasteiger partial charge on any atom is -0.358 e. The average molecular weight is 405 g/mol. The fraction of sp³-hybridized carbons (Fsp3) is 0.435. The van der Waals surface area contributed by atoms with Crippen molar-refractivity contribution in [2.24, 2.45) is 5.10 Å². The third-order valence-corrected chi connectivity index (χ3v) is 6.41. The predicted molar refractivity (Wildman–Crippen MR) is 117 cm³/mol. The Morgan fingerprint density at radius 3 is 2.80 bits per heavy atom.